The Labute approximate surface area is 132 Å². The number of hydrazine groups is 1. The molecule has 2 aromatic rings. The first-order valence-electron chi connectivity index (χ1n) is 6.69. The Morgan fingerprint density at radius 3 is 2.57 bits per heavy atom. The number of benzene rings is 2. The van der Waals surface area contributed by atoms with Crippen molar-refractivity contribution >= 4 is 15.9 Å². The second-order valence-electron chi connectivity index (χ2n) is 5.00. The lowest BCUT2D eigenvalue weighted by molar-refractivity contribution is 0.242. The van der Waals surface area contributed by atoms with E-state index in [0.29, 0.717) is 10.0 Å². The van der Waals surface area contributed by atoms with Gasteiger partial charge in [0.05, 0.1) is 12.1 Å². The van der Waals surface area contributed by atoms with Gasteiger partial charge < -0.3 is 4.74 Å². The van der Waals surface area contributed by atoms with Crippen molar-refractivity contribution in [2.75, 3.05) is 0 Å². The third kappa shape index (κ3) is 4.03. The molecule has 0 aliphatic carbocycles. The summed E-state index contributed by atoms with van der Waals surface area (Å²) in [7, 11) is 0. The minimum atomic E-state index is -0.436. The second-order valence-corrected chi connectivity index (χ2v) is 5.92. The highest BCUT2D eigenvalue weighted by atomic mass is 79.9. The summed E-state index contributed by atoms with van der Waals surface area (Å²) >= 11 is 3.25. The normalized spacial score (nSPS) is 12.5. The van der Waals surface area contributed by atoms with E-state index < -0.39 is 6.04 Å². The molecule has 0 radical (unpaired) electrons. The second kappa shape index (κ2) is 7.02. The van der Waals surface area contributed by atoms with Gasteiger partial charge >= 0.3 is 0 Å². The first-order chi connectivity index (χ1) is 10.0. The molecule has 0 amide bonds. The zero-order chi connectivity index (χ0) is 15.4. The first-order valence-corrected chi connectivity index (χ1v) is 7.48. The van der Waals surface area contributed by atoms with Gasteiger partial charge in [-0.2, -0.15) is 0 Å². The number of rotatable bonds is 5. The van der Waals surface area contributed by atoms with Crippen molar-refractivity contribution in [3.63, 3.8) is 0 Å². The fourth-order valence-corrected chi connectivity index (χ4v) is 2.47. The molecule has 1 atom stereocenters. The average molecular weight is 353 g/mol. The van der Waals surface area contributed by atoms with Crippen LogP contribution in [-0.2, 0) is 0 Å². The summed E-state index contributed by atoms with van der Waals surface area (Å²) in [4.78, 5) is 0. The molecule has 112 valence electrons. The van der Waals surface area contributed by atoms with Crippen molar-refractivity contribution in [3.8, 4) is 5.75 Å². The van der Waals surface area contributed by atoms with Gasteiger partial charge in [-0.1, -0.05) is 34.1 Å². The van der Waals surface area contributed by atoms with Crippen molar-refractivity contribution in [1.82, 2.24) is 5.43 Å². The van der Waals surface area contributed by atoms with Crippen LogP contribution in [0.4, 0.5) is 4.39 Å². The summed E-state index contributed by atoms with van der Waals surface area (Å²) in [5.41, 5.74) is 4.00. The summed E-state index contributed by atoms with van der Waals surface area (Å²) in [5.74, 6) is 6.05. The Bertz CT molecular complexity index is 619. The van der Waals surface area contributed by atoms with Gasteiger partial charge in [0.25, 0.3) is 0 Å². The monoisotopic (exact) mass is 352 g/mol. The molecule has 3 N–H and O–H groups in total. The molecule has 0 aliphatic heterocycles. The van der Waals surface area contributed by atoms with Gasteiger partial charge in [0, 0.05) is 10.0 Å². The van der Waals surface area contributed by atoms with Gasteiger partial charge in [-0.05, 0) is 43.7 Å². The predicted molar refractivity (Wildman–Crippen MR) is 85.5 cm³/mol. The number of halogens is 2. The van der Waals surface area contributed by atoms with E-state index in [9.17, 15) is 4.39 Å². The fourth-order valence-electron chi connectivity index (χ4n) is 2.14. The van der Waals surface area contributed by atoms with Gasteiger partial charge in [-0.25, -0.2) is 9.82 Å². The SMILES string of the molecule is CC(C)Oc1cccc(C(NN)c2ccc(Br)cc2F)c1. The highest BCUT2D eigenvalue weighted by Gasteiger charge is 2.17. The molecule has 2 rings (SSSR count). The maximum absolute atomic E-state index is 14.1. The first kappa shape index (κ1) is 15.9. The largest absolute Gasteiger partial charge is 0.491 e. The smallest absolute Gasteiger partial charge is 0.129 e. The molecule has 0 fully saturated rings. The molecule has 0 saturated carbocycles. The van der Waals surface area contributed by atoms with Crippen LogP contribution in [0.25, 0.3) is 0 Å². The topological polar surface area (TPSA) is 47.3 Å². The summed E-state index contributed by atoms with van der Waals surface area (Å²) in [6.07, 6.45) is 0.0777. The van der Waals surface area contributed by atoms with Crippen molar-refractivity contribution in [1.29, 1.82) is 0 Å². The maximum atomic E-state index is 14.1. The number of hydrogen-bond acceptors (Lipinski definition) is 3. The lowest BCUT2D eigenvalue weighted by Gasteiger charge is -2.19. The summed E-state index contributed by atoms with van der Waals surface area (Å²) in [6.45, 7) is 3.92. The van der Waals surface area contributed by atoms with Gasteiger partial charge in [-0.3, -0.25) is 5.84 Å². The van der Waals surface area contributed by atoms with Crippen LogP contribution in [0.15, 0.2) is 46.9 Å². The standard InChI is InChI=1S/C16H18BrFN2O/c1-10(2)21-13-5-3-4-11(8-13)16(20-19)14-7-6-12(17)9-15(14)18/h3-10,16,20H,19H2,1-2H3. The van der Waals surface area contributed by atoms with E-state index in [4.69, 9.17) is 10.6 Å². The Morgan fingerprint density at radius 1 is 1.19 bits per heavy atom. The Hall–Kier alpha value is -1.43. The Morgan fingerprint density at radius 2 is 1.95 bits per heavy atom. The fraction of sp³-hybridized carbons (Fsp3) is 0.250. The molecule has 2 aromatic carbocycles. The molecule has 0 heterocycles. The van der Waals surface area contributed by atoms with E-state index in [2.05, 4.69) is 21.4 Å². The third-order valence-corrected chi connectivity index (χ3v) is 3.50. The van der Waals surface area contributed by atoms with Gasteiger partial charge in [0.15, 0.2) is 0 Å². The Kier molecular flexibility index (Phi) is 5.33. The maximum Gasteiger partial charge on any atom is 0.129 e. The number of nitrogens with one attached hydrogen (secondary N) is 1. The summed E-state index contributed by atoms with van der Waals surface area (Å²) in [5, 5.41) is 0. The van der Waals surface area contributed by atoms with E-state index in [0.717, 1.165) is 11.3 Å². The van der Waals surface area contributed by atoms with E-state index in [1.165, 1.54) is 6.07 Å². The molecule has 21 heavy (non-hydrogen) atoms. The van der Waals surface area contributed by atoms with Crippen LogP contribution in [-0.4, -0.2) is 6.10 Å². The zero-order valence-corrected chi connectivity index (χ0v) is 13.5. The van der Waals surface area contributed by atoms with E-state index in [1.54, 1.807) is 12.1 Å². The molecule has 0 spiro atoms. The highest BCUT2D eigenvalue weighted by molar-refractivity contribution is 9.10. The van der Waals surface area contributed by atoms with Gasteiger partial charge in [0.2, 0.25) is 0 Å². The van der Waals surface area contributed by atoms with Crippen LogP contribution in [0.5, 0.6) is 5.75 Å². The van der Waals surface area contributed by atoms with E-state index >= 15 is 0 Å². The zero-order valence-electron chi connectivity index (χ0n) is 11.9. The van der Waals surface area contributed by atoms with Crippen molar-refractivity contribution < 1.29 is 9.13 Å². The van der Waals surface area contributed by atoms with E-state index in [-0.39, 0.29) is 11.9 Å². The van der Waals surface area contributed by atoms with Crippen LogP contribution in [0, 0.1) is 5.82 Å². The minimum Gasteiger partial charge on any atom is -0.491 e. The summed E-state index contributed by atoms with van der Waals surface area (Å²) in [6, 6.07) is 12.0. The van der Waals surface area contributed by atoms with Crippen LogP contribution < -0.4 is 16.0 Å². The number of nitrogens with two attached hydrogens (primary N) is 1. The van der Waals surface area contributed by atoms with Crippen molar-refractivity contribution in [2.24, 2.45) is 5.84 Å². The molecule has 0 aromatic heterocycles. The molecular weight excluding hydrogens is 335 g/mol. The molecular formula is C16H18BrFN2O. The van der Waals surface area contributed by atoms with Crippen LogP contribution in [0.1, 0.15) is 31.0 Å². The third-order valence-electron chi connectivity index (χ3n) is 3.00. The molecule has 5 heteroatoms. The highest BCUT2D eigenvalue weighted by Crippen LogP contribution is 2.28. The lowest BCUT2D eigenvalue weighted by atomic mass is 9.98. The number of hydrogen-bond donors (Lipinski definition) is 2. The average Bonchev–Trinajstić information content (AvgIpc) is 2.41. The van der Waals surface area contributed by atoms with Crippen molar-refractivity contribution in [2.45, 2.75) is 26.0 Å². The molecule has 0 aliphatic rings. The van der Waals surface area contributed by atoms with Gasteiger partial charge in [-0.15, -0.1) is 0 Å². The van der Waals surface area contributed by atoms with Gasteiger partial charge in [0.1, 0.15) is 11.6 Å². The van der Waals surface area contributed by atoms with Crippen LogP contribution in [0.2, 0.25) is 0 Å². The lowest BCUT2D eigenvalue weighted by Crippen LogP contribution is -2.29. The predicted octanol–water partition coefficient (Wildman–Crippen LogP) is 3.93. The van der Waals surface area contributed by atoms with E-state index in [1.807, 2.05) is 38.1 Å². The Balaban J connectivity index is 2.37. The minimum absolute atomic E-state index is 0.0777. The quantitative estimate of drug-likeness (QED) is 0.633. The molecule has 3 nitrogen and oxygen atoms in total. The van der Waals surface area contributed by atoms with Crippen molar-refractivity contribution in [3.05, 3.63) is 63.9 Å². The molecule has 1 unspecified atom stereocenters. The summed E-state index contributed by atoms with van der Waals surface area (Å²) < 4.78 is 20.5. The molecule has 0 bridgehead atoms. The number of ether oxygens (including phenoxy) is 1. The van der Waals surface area contributed by atoms with Crippen LogP contribution >= 0.6 is 15.9 Å². The molecule has 0 saturated heterocycles. The van der Waals surface area contributed by atoms with Crippen LogP contribution in [0.3, 0.4) is 0 Å².